The Labute approximate surface area is 185 Å². The topological polar surface area (TPSA) is 101 Å². The van der Waals surface area contributed by atoms with Crippen molar-refractivity contribution >= 4 is 17.5 Å². The van der Waals surface area contributed by atoms with Crippen molar-refractivity contribution in [2.75, 3.05) is 6.61 Å². The Morgan fingerprint density at radius 2 is 1.87 bits per heavy atom. The molecular formula is C25H38O6. The number of aliphatic hydroxyl groups is 2. The van der Waals surface area contributed by atoms with Crippen LogP contribution in [-0.2, 0) is 19.1 Å². The van der Waals surface area contributed by atoms with Crippen molar-refractivity contribution in [1.29, 1.82) is 0 Å². The molecule has 31 heavy (non-hydrogen) atoms. The highest BCUT2D eigenvalue weighted by molar-refractivity contribution is 5.94. The van der Waals surface area contributed by atoms with Gasteiger partial charge >= 0.3 is 5.97 Å². The van der Waals surface area contributed by atoms with Crippen LogP contribution in [0.1, 0.15) is 85.0 Å². The van der Waals surface area contributed by atoms with E-state index in [1.807, 2.05) is 13.8 Å². The number of ether oxygens (including phenoxy) is 1. The summed E-state index contributed by atoms with van der Waals surface area (Å²) in [6.45, 7) is 5.39. The number of hydrogen-bond acceptors (Lipinski definition) is 6. The molecule has 0 aromatic rings. The van der Waals surface area contributed by atoms with Crippen molar-refractivity contribution in [1.82, 2.24) is 0 Å². The van der Waals surface area contributed by atoms with Gasteiger partial charge in [0, 0.05) is 24.2 Å². The summed E-state index contributed by atoms with van der Waals surface area (Å²) in [5, 5.41) is 20.0. The lowest BCUT2D eigenvalue weighted by molar-refractivity contribution is -0.196. The molecule has 4 aliphatic rings. The predicted octanol–water partition coefficient (Wildman–Crippen LogP) is 3.21. The fourth-order valence-corrected chi connectivity index (χ4v) is 8.30. The minimum Gasteiger partial charge on any atom is -0.450 e. The maximum absolute atomic E-state index is 13.8. The second-order valence-corrected chi connectivity index (χ2v) is 11.2. The number of hydrogen-bond donors (Lipinski definition) is 2. The lowest BCUT2D eigenvalue weighted by Crippen LogP contribution is -2.63. The van der Waals surface area contributed by atoms with E-state index >= 15 is 0 Å². The summed E-state index contributed by atoms with van der Waals surface area (Å²) in [6.07, 6.45) is 6.21. The van der Waals surface area contributed by atoms with Crippen LogP contribution in [0.15, 0.2) is 0 Å². The van der Waals surface area contributed by atoms with Crippen LogP contribution >= 0.6 is 0 Å². The molecule has 0 aliphatic heterocycles. The Balaban J connectivity index is 1.70. The Morgan fingerprint density at radius 3 is 2.55 bits per heavy atom. The lowest BCUT2D eigenvalue weighted by Gasteiger charge is -2.60. The molecule has 0 aromatic heterocycles. The molecule has 4 fully saturated rings. The summed E-state index contributed by atoms with van der Waals surface area (Å²) in [7, 11) is 0. The molecule has 6 nitrogen and oxygen atoms in total. The average Bonchev–Trinajstić information content (AvgIpc) is 3.00. The average molecular weight is 435 g/mol. The fraction of sp³-hybridized carbons (Fsp3) is 0.880. The molecule has 0 amide bonds. The summed E-state index contributed by atoms with van der Waals surface area (Å²) >= 11 is 0. The second kappa shape index (κ2) is 7.95. The van der Waals surface area contributed by atoms with Gasteiger partial charge < -0.3 is 14.9 Å². The molecule has 8 atom stereocenters. The van der Waals surface area contributed by atoms with Crippen molar-refractivity contribution in [2.45, 2.75) is 96.7 Å². The normalized spacial score (nSPS) is 46.6. The van der Waals surface area contributed by atoms with E-state index in [0.717, 1.165) is 38.5 Å². The number of carbonyl (C=O) groups is 3. The number of aliphatic hydroxyl groups excluding tert-OH is 2. The van der Waals surface area contributed by atoms with E-state index in [0.29, 0.717) is 18.8 Å². The number of Topliss-reactive ketones (excluding diaryl/α,β-unsaturated/α-hetero) is 2. The van der Waals surface area contributed by atoms with Crippen LogP contribution in [0.25, 0.3) is 0 Å². The molecule has 174 valence electrons. The quantitative estimate of drug-likeness (QED) is 0.645. The van der Waals surface area contributed by atoms with Crippen LogP contribution in [0.5, 0.6) is 0 Å². The fourth-order valence-electron chi connectivity index (χ4n) is 8.30. The molecular weight excluding hydrogens is 396 g/mol. The van der Waals surface area contributed by atoms with Gasteiger partial charge in [-0.15, -0.1) is 0 Å². The molecule has 4 rings (SSSR count). The van der Waals surface area contributed by atoms with Crippen molar-refractivity contribution in [3.63, 3.8) is 0 Å². The molecule has 0 saturated heterocycles. The summed E-state index contributed by atoms with van der Waals surface area (Å²) in [6, 6.07) is 0. The number of esters is 1. The first-order valence-electron chi connectivity index (χ1n) is 12.2. The van der Waals surface area contributed by atoms with E-state index in [1.54, 1.807) is 0 Å². The molecule has 0 bridgehead atoms. The van der Waals surface area contributed by atoms with E-state index < -0.39 is 29.4 Å². The number of ketones is 2. The lowest BCUT2D eigenvalue weighted by atomic mass is 9.44. The molecule has 0 aromatic carbocycles. The summed E-state index contributed by atoms with van der Waals surface area (Å²) in [5.41, 5.74) is -2.28. The SMILES string of the molecule is CCCC(=O)O[C@]1(C(=O)CO)CC[C@H]2[C@@H]3CC[C@@H]4C[C@H](O)CC[C@]4(C)[C@H]3C(=O)C[C@@]21C. The van der Waals surface area contributed by atoms with Crippen LogP contribution in [0.4, 0.5) is 0 Å². The standard InChI is InChI=1S/C25H38O6/c1-4-5-21(30)31-25(20(29)14-26)11-9-18-17-7-6-15-12-16(27)8-10-23(15,2)22(17)19(28)13-24(18,25)3/h15-18,22,26-27H,4-14H2,1-3H3/t15-,16-,17+,18+,22-,23+,24+,25+/m1/s1. The van der Waals surface area contributed by atoms with Gasteiger partial charge in [0.1, 0.15) is 12.4 Å². The van der Waals surface area contributed by atoms with E-state index in [9.17, 15) is 24.6 Å². The van der Waals surface area contributed by atoms with Crippen molar-refractivity contribution in [3.8, 4) is 0 Å². The van der Waals surface area contributed by atoms with Crippen LogP contribution in [0.3, 0.4) is 0 Å². The van der Waals surface area contributed by atoms with Gasteiger partial charge in [-0.25, -0.2) is 0 Å². The minimum absolute atomic E-state index is 0.0526. The van der Waals surface area contributed by atoms with E-state index in [2.05, 4.69) is 6.92 Å². The third kappa shape index (κ3) is 3.23. The minimum atomic E-state index is -1.40. The second-order valence-electron chi connectivity index (χ2n) is 11.2. The highest BCUT2D eigenvalue weighted by Crippen LogP contribution is 2.68. The van der Waals surface area contributed by atoms with Gasteiger partial charge in [0.25, 0.3) is 0 Å². The third-order valence-electron chi connectivity index (χ3n) is 9.78. The highest BCUT2D eigenvalue weighted by Gasteiger charge is 2.70. The van der Waals surface area contributed by atoms with Gasteiger partial charge in [0.2, 0.25) is 5.78 Å². The van der Waals surface area contributed by atoms with Gasteiger partial charge in [-0.3, -0.25) is 14.4 Å². The van der Waals surface area contributed by atoms with Crippen LogP contribution in [0.2, 0.25) is 0 Å². The van der Waals surface area contributed by atoms with Gasteiger partial charge in [-0.1, -0.05) is 20.8 Å². The van der Waals surface area contributed by atoms with Crippen molar-refractivity contribution < 1.29 is 29.3 Å². The first-order chi connectivity index (χ1) is 14.6. The maximum Gasteiger partial charge on any atom is 0.306 e. The van der Waals surface area contributed by atoms with Gasteiger partial charge in [-0.2, -0.15) is 0 Å². The molecule has 6 heteroatoms. The number of carbonyl (C=O) groups excluding carboxylic acids is 3. The molecule has 4 aliphatic carbocycles. The Kier molecular flexibility index (Phi) is 5.87. The van der Waals surface area contributed by atoms with Crippen LogP contribution in [0, 0.1) is 34.5 Å². The number of rotatable bonds is 5. The Morgan fingerprint density at radius 1 is 1.13 bits per heavy atom. The Bertz CT molecular complexity index is 763. The predicted molar refractivity (Wildman–Crippen MR) is 114 cm³/mol. The molecule has 0 spiro atoms. The Hall–Kier alpha value is -1.27. The van der Waals surface area contributed by atoms with Crippen LogP contribution in [-0.4, -0.2) is 46.1 Å². The first kappa shape index (κ1) is 22.9. The molecule has 4 saturated carbocycles. The monoisotopic (exact) mass is 434 g/mol. The van der Waals surface area contributed by atoms with Crippen molar-refractivity contribution in [2.24, 2.45) is 34.5 Å². The highest BCUT2D eigenvalue weighted by atomic mass is 16.6. The molecule has 0 radical (unpaired) electrons. The summed E-state index contributed by atoms with van der Waals surface area (Å²) in [4.78, 5) is 39.3. The van der Waals surface area contributed by atoms with Crippen LogP contribution < -0.4 is 0 Å². The van der Waals surface area contributed by atoms with Gasteiger partial charge in [0.05, 0.1) is 6.10 Å². The number of fused-ring (bicyclic) bond motifs is 5. The van der Waals surface area contributed by atoms with Crippen molar-refractivity contribution in [3.05, 3.63) is 0 Å². The molecule has 0 unspecified atom stereocenters. The smallest absolute Gasteiger partial charge is 0.306 e. The molecule has 0 heterocycles. The van der Waals surface area contributed by atoms with Gasteiger partial charge in [-0.05, 0) is 74.5 Å². The zero-order valence-corrected chi connectivity index (χ0v) is 19.2. The third-order valence-corrected chi connectivity index (χ3v) is 9.78. The largest absolute Gasteiger partial charge is 0.450 e. The van der Waals surface area contributed by atoms with E-state index in [-0.39, 0.29) is 47.9 Å². The first-order valence-corrected chi connectivity index (χ1v) is 12.2. The van der Waals surface area contributed by atoms with Gasteiger partial charge in [0.15, 0.2) is 5.60 Å². The summed E-state index contributed by atoms with van der Waals surface area (Å²) < 4.78 is 5.90. The molecule has 2 N–H and O–H groups in total. The zero-order valence-electron chi connectivity index (χ0n) is 19.2. The zero-order chi connectivity index (χ0) is 22.6. The summed E-state index contributed by atoms with van der Waals surface area (Å²) in [5.74, 6) is -0.116. The maximum atomic E-state index is 13.8. The van der Waals surface area contributed by atoms with E-state index in [1.165, 1.54) is 0 Å². The van der Waals surface area contributed by atoms with E-state index in [4.69, 9.17) is 4.74 Å².